The lowest BCUT2D eigenvalue weighted by atomic mass is 10.2. The Hall–Kier alpha value is -1.22. The van der Waals surface area contributed by atoms with Crippen LogP contribution in [-0.2, 0) is 4.74 Å². The summed E-state index contributed by atoms with van der Waals surface area (Å²) in [4.78, 5) is 3.10. The van der Waals surface area contributed by atoms with Gasteiger partial charge in [-0.15, -0.1) is 0 Å². The Labute approximate surface area is 62.0 Å². The molecule has 11 heavy (non-hydrogen) atoms. The van der Waals surface area contributed by atoms with Crippen LogP contribution in [0.5, 0.6) is 0 Å². The molecule has 0 bridgehead atoms. The van der Waals surface area contributed by atoms with Crippen LogP contribution in [0.4, 0.5) is 8.78 Å². The average Bonchev–Trinajstić information content (AvgIpc) is 2.29. The number of methoxy groups -OCH3 is 1. The van der Waals surface area contributed by atoms with Gasteiger partial charge in [0.1, 0.15) is 0 Å². The van der Waals surface area contributed by atoms with Gasteiger partial charge >= 0.3 is 5.92 Å². The first-order valence-electron chi connectivity index (χ1n) is 2.85. The maximum atomic E-state index is 12.3. The van der Waals surface area contributed by atoms with Crippen molar-refractivity contribution >= 4 is 6.21 Å². The zero-order chi connectivity index (χ0) is 8.48. The normalized spacial score (nSPS) is 24.6. The highest BCUT2D eigenvalue weighted by atomic mass is 19.3. The van der Waals surface area contributed by atoms with E-state index in [4.69, 9.17) is 0 Å². The molecule has 0 N–H and O–H groups in total. The summed E-state index contributed by atoms with van der Waals surface area (Å²) in [7, 11) is 1.11. The van der Waals surface area contributed by atoms with Crippen molar-refractivity contribution in [2.45, 2.75) is 12.3 Å². The summed E-state index contributed by atoms with van der Waals surface area (Å²) in [6.07, 6.45) is 0.806. The van der Waals surface area contributed by atoms with Gasteiger partial charge in [0, 0.05) is 0 Å². The Balaban J connectivity index is 2.78. The third kappa shape index (κ3) is 1.62. The molecule has 0 fully saturated rings. The summed E-state index contributed by atoms with van der Waals surface area (Å²) in [6, 6.07) is 0. The second-order valence-corrected chi connectivity index (χ2v) is 2.04. The quantitative estimate of drug-likeness (QED) is 0.406. The minimum atomic E-state index is -3.11. The first-order valence-corrected chi connectivity index (χ1v) is 2.85. The highest BCUT2D eigenvalue weighted by Crippen LogP contribution is 2.28. The van der Waals surface area contributed by atoms with Crippen LogP contribution in [0.2, 0.25) is 0 Å². The minimum Gasteiger partial charge on any atom is -0.601 e. The molecule has 3 nitrogen and oxygen atoms in total. The Morgan fingerprint density at radius 2 is 2.45 bits per heavy atom. The zero-order valence-corrected chi connectivity index (χ0v) is 5.73. The second-order valence-electron chi connectivity index (χ2n) is 2.04. The van der Waals surface area contributed by atoms with Gasteiger partial charge in [-0.05, 0) is 12.1 Å². The van der Waals surface area contributed by atoms with Gasteiger partial charge in [0.2, 0.25) is 5.70 Å². The van der Waals surface area contributed by atoms with Gasteiger partial charge in [-0.25, -0.2) is 0 Å². The molecular weight excluding hydrogens is 156 g/mol. The number of rotatable bonds is 1. The molecule has 0 aromatic rings. The third-order valence-electron chi connectivity index (χ3n) is 1.16. The Morgan fingerprint density at radius 3 is 2.82 bits per heavy atom. The van der Waals surface area contributed by atoms with Crippen molar-refractivity contribution in [1.29, 1.82) is 0 Å². The average molecular weight is 161 g/mol. The lowest BCUT2D eigenvalue weighted by Gasteiger charge is -2.03. The number of allylic oxidation sites excluding steroid dienone is 1. The Bertz CT molecular complexity index is 223. The summed E-state index contributed by atoms with van der Waals surface area (Å²) in [6.45, 7) is 0. The van der Waals surface area contributed by atoms with Crippen LogP contribution in [-0.4, -0.2) is 19.2 Å². The molecule has 60 valence electrons. The number of hydrogen-bond acceptors (Lipinski definition) is 3. The number of hydrogen-bond donors (Lipinski definition) is 0. The van der Waals surface area contributed by atoms with Gasteiger partial charge in [-0.1, -0.05) is 0 Å². The van der Waals surface area contributed by atoms with E-state index in [1.807, 2.05) is 0 Å². The van der Waals surface area contributed by atoms with Crippen LogP contribution in [0.1, 0.15) is 6.42 Å². The van der Waals surface area contributed by atoms with Crippen LogP contribution in [0.25, 0.3) is 0 Å². The van der Waals surface area contributed by atoms with Crippen LogP contribution < -0.4 is 5.11 Å². The van der Waals surface area contributed by atoms with E-state index in [1.165, 1.54) is 6.21 Å². The maximum Gasteiger partial charge on any atom is 0.426 e. The number of ether oxygens (including phenoxy) is 1. The Morgan fingerprint density at radius 1 is 1.82 bits per heavy atom. The van der Waals surface area contributed by atoms with Crippen molar-refractivity contribution < 1.29 is 18.6 Å². The molecular formula is C6H5F2NO2. The molecule has 0 radical (unpaired) electrons. The molecule has 0 aliphatic carbocycles. The monoisotopic (exact) mass is 161 g/mol. The number of nitrogens with zero attached hydrogens (tertiary/aromatic N) is 1. The highest BCUT2D eigenvalue weighted by molar-refractivity contribution is 5.71. The van der Waals surface area contributed by atoms with Gasteiger partial charge in [0.25, 0.3) is 6.21 Å². The molecule has 0 aromatic heterocycles. The van der Waals surface area contributed by atoms with E-state index in [2.05, 4.69) is 9.73 Å². The molecule has 0 amide bonds. The summed E-state index contributed by atoms with van der Waals surface area (Å²) >= 11 is 0. The van der Waals surface area contributed by atoms with E-state index >= 15 is 0 Å². The van der Waals surface area contributed by atoms with Gasteiger partial charge in [-0.2, -0.15) is 8.78 Å². The standard InChI is InChI=1S/C6H5F2NO2/c1-11-5(10)4-2-6(7,8)3-9-4/h2H2,1H3/b5-4-. The molecule has 1 aliphatic heterocycles. The molecule has 1 rings (SSSR count). The van der Waals surface area contributed by atoms with Gasteiger partial charge < -0.3 is 9.84 Å². The summed E-state index contributed by atoms with van der Waals surface area (Å²) in [5.74, 6) is -3.93. The zero-order valence-electron chi connectivity index (χ0n) is 5.73. The van der Waals surface area contributed by atoms with E-state index in [-0.39, 0.29) is 5.70 Å². The largest absolute Gasteiger partial charge is 0.601 e. The van der Waals surface area contributed by atoms with Crippen molar-refractivity contribution in [1.82, 2.24) is 0 Å². The fourth-order valence-corrected chi connectivity index (χ4v) is 0.674. The molecule has 0 atom stereocenters. The molecule has 1 aliphatic rings. The summed E-state index contributed by atoms with van der Waals surface area (Å²) in [5, 5.41) is 10.6. The first kappa shape index (κ1) is 7.88. The molecule has 0 spiro atoms. The van der Waals surface area contributed by atoms with Crippen LogP contribution in [0.3, 0.4) is 0 Å². The number of halogens is 2. The third-order valence-corrected chi connectivity index (χ3v) is 1.16. The van der Waals surface area contributed by atoms with E-state index in [0.717, 1.165) is 7.11 Å². The molecule has 5 heteroatoms. The molecule has 0 saturated heterocycles. The van der Waals surface area contributed by atoms with Gasteiger partial charge in [0.15, 0.2) is 12.4 Å². The van der Waals surface area contributed by atoms with Crippen molar-refractivity contribution in [3.63, 3.8) is 0 Å². The fourth-order valence-electron chi connectivity index (χ4n) is 0.674. The number of alkyl halides is 2. The van der Waals surface area contributed by atoms with Gasteiger partial charge in [-0.3, -0.25) is 0 Å². The van der Waals surface area contributed by atoms with Gasteiger partial charge in [0.05, 0.1) is 0 Å². The van der Waals surface area contributed by atoms with Crippen molar-refractivity contribution in [2.24, 2.45) is 4.99 Å². The van der Waals surface area contributed by atoms with E-state index in [0.29, 0.717) is 0 Å². The van der Waals surface area contributed by atoms with Crippen LogP contribution in [0, 0.1) is 0 Å². The van der Waals surface area contributed by atoms with Crippen molar-refractivity contribution in [2.75, 3.05) is 7.11 Å². The number of aliphatic imine (C=N–C) groups is 1. The fraction of sp³-hybridized carbons (Fsp3) is 0.500. The van der Waals surface area contributed by atoms with E-state index in [9.17, 15) is 13.9 Å². The van der Waals surface area contributed by atoms with E-state index in [1.54, 1.807) is 0 Å². The van der Waals surface area contributed by atoms with Crippen LogP contribution >= 0.6 is 0 Å². The lowest BCUT2D eigenvalue weighted by Crippen LogP contribution is -2.14. The topological polar surface area (TPSA) is 44.6 Å². The maximum absolute atomic E-state index is 12.3. The van der Waals surface area contributed by atoms with Crippen molar-refractivity contribution in [3.05, 3.63) is 11.6 Å². The summed E-state index contributed by atoms with van der Waals surface area (Å²) in [5.41, 5.74) is -0.280. The second kappa shape index (κ2) is 2.43. The molecule has 0 saturated carbocycles. The minimum absolute atomic E-state index is 0.280. The molecule has 0 aromatic carbocycles. The Kier molecular flexibility index (Phi) is 1.74. The van der Waals surface area contributed by atoms with E-state index < -0.39 is 18.3 Å². The molecule has 1 heterocycles. The predicted octanol–water partition coefficient (Wildman–Crippen LogP) is 0.149. The summed E-state index contributed by atoms with van der Waals surface area (Å²) < 4.78 is 28.7. The van der Waals surface area contributed by atoms with Crippen molar-refractivity contribution in [3.8, 4) is 0 Å². The smallest absolute Gasteiger partial charge is 0.426 e. The first-order chi connectivity index (χ1) is 5.05. The van der Waals surface area contributed by atoms with Crippen LogP contribution in [0.15, 0.2) is 16.6 Å². The molecule has 0 unspecified atom stereocenters. The highest BCUT2D eigenvalue weighted by Gasteiger charge is 2.46. The predicted molar refractivity (Wildman–Crippen MR) is 31.0 cm³/mol. The SMILES string of the molecule is CO/C([O-])=C1/CC(F)(F)[C+]=N1. The lowest BCUT2D eigenvalue weighted by molar-refractivity contribution is -0.355.